The summed E-state index contributed by atoms with van der Waals surface area (Å²) in [4.78, 5) is 9.75. The van der Waals surface area contributed by atoms with E-state index in [-0.39, 0.29) is 43.2 Å². The average Bonchev–Trinajstić information content (AvgIpc) is 3.98. The Bertz CT molecular complexity index is 3380. The molecule has 0 saturated heterocycles. The van der Waals surface area contributed by atoms with Crippen molar-refractivity contribution in [1.29, 1.82) is 0 Å². The summed E-state index contributed by atoms with van der Waals surface area (Å²) in [5.41, 5.74) is 13.7. The molecular formula is C59H60FIrN3O2Si-2. The van der Waals surface area contributed by atoms with Crippen LogP contribution in [-0.2, 0) is 25.5 Å². The van der Waals surface area contributed by atoms with Gasteiger partial charge < -0.3 is 18.4 Å². The summed E-state index contributed by atoms with van der Waals surface area (Å²) in [6.07, 6.45) is 1.95. The molecule has 4 heterocycles. The maximum Gasteiger partial charge on any atom is 0.140 e. The molecule has 0 bridgehead atoms. The largest absolute Gasteiger partial charge is 0.500 e. The van der Waals surface area contributed by atoms with Crippen molar-refractivity contribution in [3.8, 4) is 28.3 Å². The van der Waals surface area contributed by atoms with E-state index in [0.29, 0.717) is 22.2 Å². The first kappa shape index (κ1) is 47.8. The van der Waals surface area contributed by atoms with E-state index in [0.717, 1.165) is 66.9 Å². The first-order chi connectivity index (χ1) is 31.5. The average molecular weight is 1080 g/mol. The second-order valence-corrected chi connectivity index (χ2v) is 25.8. The second kappa shape index (κ2) is 18.4. The third-order valence-corrected chi connectivity index (χ3v) is 20.4. The summed E-state index contributed by atoms with van der Waals surface area (Å²) in [6.45, 7) is 27.7. The number of aromatic nitrogens is 3. The monoisotopic (exact) mass is 1080 g/mol. The Labute approximate surface area is 409 Å². The van der Waals surface area contributed by atoms with Crippen molar-refractivity contribution in [2.45, 2.75) is 111 Å². The summed E-state index contributed by atoms with van der Waals surface area (Å²) in [5.74, 6) is 0.742. The van der Waals surface area contributed by atoms with E-state index in [4.69, 9.17) is 13.8 Å². The maximum absolute atomic E-state index is 14.3. The van der Waals surface area contributed by atoms with Crippen LogP contribution >= 0.6 is 0 Å². The standard InChI is InChI=1S/C44H44FN2O2Si.C15H16N.Ir/c1-24(2)33-23-35-34-22-29(50(9,26(5)6)27(7)8)18-20-38(34)48-43(35)40(25(3)4)41(33)47-37-16-11-10-15-36(37)46-44(47)32-14-12-13-31-30-19-17-28(45)21-39(30)49-42(31)32;1-15(2,3)13-9-10-14(16-11-13)12-7-5-4-6-8-12;/h10-13,15-27H,1-9H3;4-7,9-11H,1-3H3;/q2*-1;. The number of rotatable bonds is 8. The maximum atomic E-state index is 14.3. The molecule has 10 aromatic rings. The zero-order valence-electron chi connectivity index (χ0n) is 40.7. The molecule has 5 nitrogen and oxygen atoms in total. The minimum Gasteiger partial charge on any atom is -0.500 e. The number of benzene rings is 6. The fraction of sp³-hybridized carbons (Fsp3) is 0.288. The number of pyridine rings is 1. The van der Waals surface area contributed by atoms with Crippen LogP contribution in [0.15, 0.2) is 130 Å². The van der Waals surface area contributed by atoms with E-state index in [1.807, 2.05) is 48.7 Å². The molecule has 345 valence electrons. The third kappa shape index (κ3) is 8.51. The van der Waals surface area contributed by atoms with Gasteiger partial charge in [0.15, 0.2) is 0 Å². The summed E-state index contributed by atoms with van der Waals surface area (Å²) in [5, 5.41) is 5.61. The summed E-state index contributed by atoms with van der Waals surface area (Å²) in [6, 6.07) is 45.0. The van der Waals surface area contributed by atoms with E-state index >= 15 is 0 Å². The van der Waals surface area contributed by atoms with E-state index in [9.17, 15) is 4.39 Å². The van der Waals surface area contributed by atoms with E-state index in [1.165, 1.54) is 39.2 Å². The molecule has 0 amide bonds. The molecule has 0 aliphatic rings. The number of fused-ring (bicyclic) bond motifs is 7. The van der Waals surface area contributed by atoms with Crippen LogP contribution in [0.5, 0.6) is 0 Å². The van der Waals surface area contributed by atoms with Crippen LogP contribution in [0.25, 0.3) is 83.2 Å². The molecule has 0 aliphatic carbocycles. The van der Waals surface area contributed by atoms with Crippen molar-refractivity contribution in [1.82, 2.24) is 14.5 Å². The van der Waals surface area contributed by atoms with E-state index < -0.39 is 8.07 Å². The fourth-order valence-electron chi connectivity index (χ4n) is 9.69. The summed E-state index contributed by atoms with van der Waals surface area (Å²) < 4.78 is 29.9. The molecule has 10 rings (SSSR count). The molecule has 6 aromatic carbocycles. The van der Waals surface area contributed by atoms with Gasteiger partial charge in [0.2, 0.25) is 0 Å². The van der Waals surface area contributed by atoms with Crippen molar-refractivity contribution < 1.29 is 33.3 Å². The van der Waals surface area contributed by atoms with Gasteiger partial charge in [-0.05, 0) is 81.6 Å². The molecule has 8 heteroatoms. The van der Waals surface area contributed by atoms with Crippen molar-refractivity contribution in [2.75, 3.05) is 0 Å². The molecule has 0 saturated carbocycles. The SMILES string of the molecule is CC(C)(C)c1ccc(-c2[c-]cccc2)nc1.CC(C)c1cc2c(oc3ccc([Si](C)(C(C)C)C(C)C)cc32)c(C(C)C)c1-n1c(-c2[c-]ccc3c2oc2cc(F)ccc23)nc2ccccc21.[Ir]. The minimum absolute atomic E-state index is 0. The molecule has 0 atom stereocenters. The van der Waals surface area contributed by atoms with Crippen LogP contribution in [0.2, 0.25) is 17.6 Å². The van der Waals surface area contributed by atoms with Crippen molar-refractivity contribution in [3.63, 3.8) is 0 Å². The Kier molecular flexibility index (Phi) is 13.2. The third-order valence-electron chi connectivity index (χ3n) is 14.0. The number of furan rings is 2. The Hall–Kier alpha value is -5.66. The number of hydrogen-bond acceptors (Lipinski definition) is 4. The van der Waals surface area contributed by atoms with Crippen LogP contribution in [0.1, 0.15) is 105 Å². The summed E-state index contributed by atoms with van der Waals surface area (Å²) >= 11 is 0. The van der Waals surface area contributed by atoms with E-state index in [1.54, 1.807) is 6.07 Å². The zero-order chi connectivity index (χ0) is 46.8. The predicted molar refractivity (Wildman–Crippen MR) is 277 cm³/mol. The molecule has 0 unspecified atom stereocenters. The number of halogens is 1. The van der Waals surface area contributed by atoms with Gasteiger partial charge in [-0.15, -0.1) is 54.1 Å². The molecule has 1 radical (unpaired) electrons. The van der Waals surface area contributed by atoms with Gasteiger partial charge in [-0.25, -0.2) is 4.39 Å². The molecule has 67 heavy (non-hydrogen) atoms. The van der Waals surface area contributed by atoms with Gasteiger partial charge in [-0.1, -0.05) is 135 Å². The topological polar surface area (TPSA) is 57.0 Å². The van der Waals surface area contributed by atoms with Gasteiger partial charge in [0.05, 0.1) is 30.5 Å². The molecule has 0 spiro atoms. The van der Waals surface area contributed by atoms with E-state index in [2.05, 4.69) is 159 Å². The van der Waals surface area contributed by atoms with Crippen LogP contribution in [0, 0.1) is 17.9 Å². The van der Waals surface area contributed by atoms with Gasteiger partial charge in [0, 0.05) is 59.8 Å². The predicted octanol–water partition coefficient (Wildman–Crippen LogP) is 16.6. The Morgan fingerprint density at radius 1 is 0.672 bits per heavy atom. The fourth-order valence-corrected chi connectivity index (χ4v) is 13.3. The molecular weight excluding hydrogens is 1020 g/mol. The van der Waals surface area contributed by atoms with Crippen LogP contribution in [-0.4, -0.2) is 22.6 Å². The normalized spacial score (nSPS) is 12.4. The van der Waals surface area contributed by atoms with Crippen LogP contribution in [0.4, 0.5) is 4.39 Å². The smallest absolute Gasteiger partial charge is 0.140 e. The number of hydrogen-bond donors (Lipinski definition) is 0. The number of imidazole rings is 1. The molecule has 0 N–H and O–H groups in total. The van der Waals surface area contributed by atoms with Crippen molar-refractivity contribution in [3.05, 3.63) is 156 Å². The Morgan fingerprint density at radius 3 is 2.06 bits per heavy atom. The number of para-hydroxylation sites is 2. The zero-order valence-corrected chi connectivity index (χ0v) is 44.1. The number of nitrogens with zero attached hydrogens (tertiary/aromatic N) is 3. The first-order valence-electron chi connectivity index (χ1n) is 23.4. The van der Waals surface area contributed by atoms with Crippen LogP contribution < -0.4 is 5.19 Å². The van der Waals surface area contributed by atoms with Gasteiger partial charge in [0.25, 0.3) is 0 Å². The molecule has 4 aromatic heterocycles. The van der Waals surface area contributed by atoms with Crippen LogP contribution in [0.3, 0.4) is 0 Å². The van der Waals surface area contributed by atoms with Gasteiger partial charge in [-0.3, -0.25) is 4.98 Å². The van der Waals surface area contributed by atoms with Gasteiger partial charge in [0.1, 0.15) is 22.6 Å². The van der Waals surface area contributed by atoms with Crippen molar-refractivity contribution >= 4 is 68.2 Å². The quantitative estimate of drug-likeness (QED) is 0.112. The van der Waals surface area contributed by atoms with Crippen molar-refractivity contribution in [2.24, 2.45) is 0 Å². The Balaban J connectivity index is 0.000000303. The summed E-state index contributed by atoms with van der Waals surface area (Å²) in [7, 11) is -1.78. The van der Waals surface area contributed by atoms with Gasteiger partial charge >= 0.3 is 0 Å². The molecule has 0 aliphatic heterocycles. The van der Waals surface area contributed by atoms with Gasteiger partial charge in [-0.2, -0.15) is 0 Å². The molecule has 0 fully saturated rings. The second-order valence-electron chi connectivity index (χ2n) is 20.4. The Morgan fingerprint density at radius 2 is 1.40 bits per heavy atom. The first-order valence-corrected chi connectivity index (χ1v) is 26.1. The minimum atomic E-state index is -1.78.